The van der Waals surface area contributed by atoms with Gasteiger partial charge in [0, 0.05) is 26.9 Å². The number of nitrogens with one attached hydrogen (secondary N) is 2. The standard InChI is InChI=1S/C53H58F6N2S/c1-14-49(9,10)37(6)41-18-16-20-45(30-41)62(12,13)46-21-17-19-42(31-46)39(8)60-47-32-43(28-24-35(47)4)51(52(54,55)56,53(57,58)59)44-29-25-36(5)48(33-44)61-50(11,15-2)38(7)40-26-22-34(3)23-27-40/h16-33,60-61H,6-8,12-15H2,1-5,9-11H3. The van der Waals surface area contributed by atoms with Gasteiger partial charge in [0.25, 0.3) is 0 Å². The molecule has 1 unspecified atom stereocenters. The third-order valence-corrected chi connectivity index (χ3v) is 14.9. The Bertz CT molecular complexity index is 2600. The molecule has 0 aliphatic rings. The van der Waals surface area contributed by atoms with Crippen LogP contribution in [0.1, 0.15) is 92.0 Å². The van der Waals surface area contributed by atoms with E-state index >= 15 is 26.3 Å². The molecule has 1 atom stereocenters. The highest BCUT2D eigenvalue weighted by molar-refractivity contribution is 8.27. The molecule has 0 aliphatic carbocycles. The Kier molecular flexibility index (Phi) is 13.4. The van der Waals surface area contributed by atoms with Crippen molar-refractivity contribution in [1.29, 1.82) is 0 Å². The van der Waals surface area contributed by atoms with Crippen molar-refractivity contribution in [2.24, 2.45) is 5.41 Å². The Morgan fingerprint density at radius 3 is 1.55 bits per heavy atom. The van der Waals surface area contributed by atoms with E-state index in [4.69, 9.17) is 0 Å². The highest BCUT2D eigenvalue weighted by Gasteiger charge is 2.72. The van der Waals surface area contributed by atoms with Gasteiger partial charge in [-0.25, -0.2) is 0 Å². The van der Waals surface area contributed by atoms with Crippen LogP contribution in [0.3, 0.4) is 0 Å². The molecule has 0 heterocycles. The van der Waals surface area contributed by atoms with Gasteiger partial charge in [-0.1, -0.05) is 138 Å². The molecular formula is C53H58F6N2S. The van der Waals surface area contributed by atoms with E-state index in [0.29, 0.717) is 28.7 Å². The van der Waals surface area contributed by atoms with Crippen LogP contribution in [0.5, 0.6) is 0 Å². The molecule has 328 valence electrons. The van der Waals surface area contributed by atoms with Crippen LogP contribution < -0.4 is 10.6 Å². The second-order valence-corrected chi connectivity index (χ2v) is 19.9. The maximum Gasteiger partial charge on any atom is 0.411 e. The number of alkyl halides is 6. The maximum atomic E-state index is 15.7. The Hall–Kier alpha value is -5.41. The summed E-state index contributed by atoms with van der Waals surface area (Å²) in [6.07, 6.45) is -10.3. The molecule has 2 nitrogen and oxygen atoms in total. The highest BCUT2D eigenvalue weighted by Crippen LogP contribution is 2.57. The first-order valence-electron chi connectivity index (χ1n) is 20.5. The highest BCUT2D eigenvalue weighted by atomic mass is 32.2. The van der Waals surface area contributed by atoms with Crippen molar-refractivity contribution >= 4 is 49.2 Å². The van der Waals surface area contributed by atoms with E-state index in [1.807, 2.05) is 81.4 Å². The summed E-state index contributed by atoms with van der Waals surface area (Å²) in [6, 6.07) is 29.3. The van der Waals surface area contributed by atoms with Crippen LogP contribution in [0.2, 0.25) is 0 Å². The number of hydrogen-bond donors (Lipinski definition) is 2. The third kappa shape index (κ3) is 9.05. The van der Waals surface area contributed by atoms with Crippen LogP contribution in [0.25, 0.3) is 16.8 Å². The summed E-state index contributed by atoms with van der Waals surface area (Å²) >= 11 is 0. The first kappa shape index (κ1) is 47.6. The fourth-order valence-electron chi connectivity index (χ4n) is 7.54. The number of benzene rings is 5. The molecule has 62 heavy (non-hydrogen) atoms. The lowest BCUT2D eigenvalue weighted by Gasteiger charge is -2.39. The molecular weight excluding hydrogens is 811 g/mol. The van der Waals surface area contributed by atoms with E-state index in [2.05, 4.69) is 68.9 Å². The normalized spacial score (nSPS) is 13.6. The van der Waals surface area contributed by atoms with E-state index in [9.17, 15) is 0 Å². The molecule has 0 spiro atoms. The van der Waals surface area contributed by atoms with Gasteiger partial charge >= 0.3 is 12.4 Å². The number of allylic oxidation sites excluding steroid dienone is 1. The van der Waals surface area contributed by atoms with Crippen LogP contribution in [0, 0.1) is 26.2 Å². The number of hydrogen-bond acceptors (Lipinski definition) is 2. The van der Waals surface area contributed by atoms with Crippen LogP contribution in [-0.4, -0.2) is 29.6 Å². The fourth-order valence-corrected chi connectivity index (χ4v) is 9.19. The smallest absolute Gasteiger partial charge is 0.376 e. The van der Waals surface area contributed by atoms with Gasteiger partial charge in [-0.2, -0.15) is 35.5 Å². The van der Waals surface area contributed by atoms with E-state index in [0.717, 1.165) is 62.7 Å². The molecule has 0 fully saturated rings. The number of anilines is 2. The predicted molar refractivity (Wildman–Crippen MR) is 255 cm³/mol. The van der Waals surface area contributed by atoms with Crippen LogP contribution in [0.15, 0.2) is 139 Å². The van der Waals surface area contributed by atoms with Gasteiger partial charge in [-0.15, -0.1) is 0 Å². The van der Waals surface area contributed by atoms with Crippen molar-refractivity contribution in [2.45, 2.75) is 101 Å². The summed E-state index contributed by atoms with van der Waals surface area (Å²) in [6.45, 7) is 28.2. The summed E-state index contributed by atoms with van der Waals surface area (Å²) in [4.78, 5) is 1.72. The summed E-state index contributed by atoms with van der Waals surface area (Å²) in [5.41, 5.74) is -1.00. The van der Waals surface area contributed by atoms with Crippen molar-refractivity contribution < 1.29 is 26.3 Å². The van der Waals surface area contributed by atoms with Gasteiger partial charge in [0.05, 0.1) is 5.54 Å². The lowest BCUT2D eigenvalue weighted by atomic mass is 9.72. The van der Waals surface area contributed by atoms with Gasteiger partial charge < -0.3 is 10.6 Å². The molecule has 0 saturated heterocycles. The molecule has 0 saturated carbocycles. The largest absolute Gasteiger partial charge is 0.411 e. The number of halogens is 6. The second kappa shape index (κ2) is 17.4. The van der Waals surface area contributed by atoms with Crippen LogP contribution in [0.4, 0.5) is 37.7 Å². The van der Waals surface area contributed by atoms with E-state index in [1.165, 1.54) is 12.1 Å². The molecule has 2 N–H and O–H groups in total. The lowest BCUT2D eigenvalue weighted by molar-refractivity contribution is -0.288. The van der Waals surface area contributed by atoms with Gasteiger partial charge in [0.2, 0.25) is 5.41 Å². The minimum Gasteiger partial charge on any atom is -0.376 e. The second-order valence-electron chi connectivity index (χ2n) is 17.2. The Morgan fingerprint density at radius 2 is 1.05 bits per heavy atom. The Labute approximate surface area is 365 Å². The summed E-state index contributed by atoms with van der Waals surface area (Å²) in [5, 5.41) is 6.34. The fraction of sp³-hybridized carbons (Fsp3) is 0.283. The quantitative estimate of drug-likeness (QED) is 0.0809. The zero-order valence-electron chi connectivity index (χ0n) is 37.0. The summed E-state index contributed by atoms with van der Waals surface area (Å²) < 4.78 is 93.9. The lowest BCUT2D eigenvalue weighted by Crippen LogP contribution is -2.54. The van der Waals surface area contributed by atoms with Gasteiger partial charge in [0.1, 0.15) is 0 Å². The molecule has 0 aromatic heterocycles. The minimum absolute atomic E-state index is 0.0433. The van der Waals surface area contributed by atoms with E-state index in [1.54, 1.807) is 19.9 Å². The van der Waals surface area contributed by atoms with Crippen LogP contribution in [-0.2, 0) is 5.41 Å². The van der Waals surface area contributed by atoms with Crippen LogP contribution >= 0.6 is 9.21 Å². The molecule has 9 heteroatoms. The van der Waals surface area contributed by atoms with Gasteiger partial charge in [-0.05, 0) is 132 Å². The minimum atomic E-state index is -5.81. The zero-order valence-corrected chi connectivity index (χ0v) is 37.8. The molecule has 5 rings (SSSR count). The summed E-state index contributed by atoms with van der Waals surface area (Å²) in [7, 11) is -2.08. The Balaban J connectivity index is 1.55. The monoisotopic (exact) mass is 868 g/mol. The molecule has 0 radical (unpaired) electrons. The average Bonchev–Trinajstić information content (AvgIpc) is 3.22. The average molecular weight is 869 g/mol. The Morgan fingerprint density at radius 1 is 0.565 bits per heavy atom. The summed E-state index contributed by atoms with van der Waals surface area (Å²) in [5.74, 6) is 9.07. The zero-order chi connectivity index (χ0) is 46.2. The molecule has 5 aromatic rings. The first-order valence-corrected chi connectivity index (χ1v) is 22.5. The molecule has 0 aliphatic heterocycles. The predicted octanol–water partition coefficient (Wildman–Crippen LogP) is 15.9. The van der Waals surface area contributed by atoms with Gasteiger partial charge in [0.15, 0.2) is 0 Å². The third-order valence-electron chi connectivity index (χ3n) is 12.6. The SMILES string of the molecule is C=C(Nc1cc(C(c2ccc(C)c(NC(C)(CC)C(=C)c3ccc(C)cc3)c2)(C(F)(F)F)C(F)(F)F)ccc1C)c1cccc(S(=C)(=C)c2cccc(C(=C)C(C)(C)CC)c2)c1. The number of rotatable bonds is 15. The van der Waals surface area contributed by atoms with Gasteiger partial charge in [-0.3, -0.25) is 0 Å². The number of aryl methyl sites for hydroxylation is 3. The van der Waals surface area contributed by atoms with E-state index in [-0.39, 0.29) is 22.5 Å². The molecule has 0 amide bonds. The molecule has 5 aromatic carbocycles. The van der Waals surface area contributed by atoms with E-state index < -0.39 is 43.6 Å². The van der Waals surface area contributed by atoms with Crippen molar-refractivity contribution in [1.82, 2.24) is 0 Å². The molecule has 0 bridgehead atoms. The van der Waals surface area contributed by atoms with Crippen molar-refractivity contribution in [2.75, 3.05) is 10.6 Å². The van der Waals surface area contributed by atoms with Crippen molar-refractivity contribution in [3.8, 4) is 0 Å². The van der Waals surface area contributed by atoms with Crippen molar-refractivity contribution in [3.05, 3.63) is 173 Å². The first-order chi connectivity index (χ1) is 28.7. The maximum absolute atomic E-state index is 15.7. The van der Waals surface area contributed by atoms with Crippen molar-refractivity contribution in [3.63, 3.8) is 0 Å². The topological polar surface area (TPSA) is 24.1 Å².